The fraction of sp³-hybridized carbons (Fsp3) is 0.250. The summed E-state index contributed by atoms with van der Waals surface area (Å²) in [6, 6.07) is 31.9. The molecular weight excluding hydrogens is 398 g/mol. The largest absolute Gasteiger partial charge is 0.356 e. The molecule has 4 aromatic rings. The number of rotatable bonds is 2. The van der Waals surface area contributed by atoms with E-state index >= 15 is 0 Å². The fourth-order valence-electron chi connectivity index (χ4n) is 7.00. The molecule has 0 radical (unpaired) electrons. The summed E-state index contributed by atoms with van der Waals surface area (Å²) in [4.78, 5) is 0. The molecule has 0 aromatic heterocycles. The number of hydrogen-bond acceptors (Lipinski definition) is 1. The highest BCUT2D eigenvalue weighted by atomic mass is 14.9. The normalized spacial score (nSPS) is 18.0. The van der Waals surface area contributed by atoms with E-state index in [1.165, 1.54) is 76.0 Å². The van der Waals surface area contributed by atoms with E-state index in [0.717, 1.165) is 0 Å². The van der Waals surface area contributed by atoms with Crippen LogP contribution in [-0.4, -0.2) is 0 Å². The van der Waals surface area contributed by atoms with Crippen LogP contribution in [0.4, 0.5) is 11.4 Å². The lowest BCUT2D eigenvalue weighted by Gasteiger charge is -2.27. The third-order valence-corrected chi connectivity index (χ3v) is 8.60. The van der Waals surface area contributed by atoms with Gasteiger partial charge in [-0.05, 0) is 81.6 Å². The van der Waals surface area contributed by atoms with Crippen molar-refractivity contribution in [1.29, 1.82) is 0 Å². The quantitative estimate of drug-likeness (QED) is 0.338. The molecule has 1 nitrogen and oxygen atoms in total. The number of fused-ring (bicyclic) bond motifs is 8. The summed E-state index contributed by atoms with van der Waals surface area (Å²) in [5.74, 6) is 0. The second-order valence-corrected chi connectivity index (χ2v) is 10.7. The van der Waals surface area contributed by atoms with Gasteiger partial charge in [0.1, 0.15) is 0 Å². The minimum atomic E-state index is 0.0249. The Balaban J connectivity index is 1.29. The third-order valence-electron chi connectivity index (χ3n) is 8.60. The van der Waals surface area contributed by atoms with Gasteiger partial charge < -0.3 is 5.32 Å². The summed E-state index contributed by atoms with van der Waals surface area (Å²) in [5.41, 5.74) is 14.1. The summed E-state index contributed by atoms with van der Waals surface area (Å²) >= 11 is 0. The Morgan fingerprint density at radius 3 is 1.76 bits per heavy atom. The summed E-state index contributed by atoms with van der Waals surface area (Å²) in [5, 5.41) is 3.76. The molecule has 33 heavy (non-hydrogen) atoms. The van der Waals surface area contributed by atoms with Gasteiger partial charge in [-0.15, -0.1) is 0 Å². The summed E-state index contributed by atoms with van der Waals surface area (Å²) in [6.45, 7) is 4.69. The van der Waals surface area contributed by atoms with Gasteiger partial charge in [0.2, 0.25) is 0 Å². The maximum absolute atomic E-state index is 3.76. The number of hydrogen-bond donors (Lipinski definition) is 1. The molecule has 0 atom stereocenters. The van der Waals surface area contributed by atoms with Crippen molar-refractivity contribution in [3.05, 3.63) is 107 Å². The van der Waals surface area contributed by atoms with E-state index in [-0.39, 0.29) is 10.8 Å². The van der Waals surface area contributed by atoms with Crippen molar-refractivity contribution in [1.82, 2.24) is 0 Å². The van der Waals surface area contributed by atoms with E-state index in [9.17, 15) is 0 Å². The van der Waals surface area contributed by atoms with Crippen molar-refractivity contribution in [3.8, 4) is 22.3 Å². The predicted molar refractivity (Wildman–Crippen MR) is 138 cm³/mol. The highest BCUT2D eigenvalue weighted by molar-refractivity contribution is 5.85. The van der Waals surface area contributed by atoms with Crippen molar-refractivity contribution >= 4 is 11.4 Å². The first-order valence-corrected chi connectivity index (χ1v) is 12.3. The first-order valence-electron chi connectivity index (χ1n) is 12.3. The molecule has 3 aliphatic rings. The van der Waals surface area contributed by atoms with Gasteiger partial charge in [-0.2, -0.15) is 0 Å². The molecule has 1 heteroatoms. The molecule has 0 unspecified atom stereocenters. The average Bonchev–Trinajstić information content (AvgIpc) is 3.50. The number of benzene rings is 4. The van der Waals surface area contributed by atoms with Gasteiger partial charge >= 0.3 is 0 Å². The molecule has 0 amide bonds. The van der Waals surface area contributed by atoms with Crippen LogP contribution >= 0.6 is 0 Å². The standard InChI is InChI=1S/C32H29N/c1-31(2)27-11-5-3-9-23(27)25-15-13-21(19-29(25)31)33-22-14-16-26-24-10-4-6-12-28(24)32(30(26)20-22)17-7-8-18-32/h3-6,9-16,19-20,33H,7-8,17-18H2,1-2H3. The smallest absolute Gasteiger partial charge is 0.0387 e. The van der Waals surface area contributed by atoms with Crippen molar-refractivity contribution in [2.45, 2.75) is 50.4 Å². The molecule has 1 N–H and O–H groups in total. The lowest BCUT2D eigenvalue weighted by molar-refractivity contribution is 0.550. The monoisotopic (exact) mass is 427 g/mol. The number of nitrogens with one attached hydrogen (secondary N) is 1. The van der Waals surface area contributed by atoms with Gasteiger partial charge in [-0.3, -0.25) is 0 Å². The second-order valence-electron chi connectivity index (χ2n) is 10.7. The van der Waals surface area contributed by atoms with Gasteiger partial charge in [-0.25, -0.2) is 0 Å². The minimum Gasteiger partial charge on any atom is -0.356 e. The van der Waals surface area contributed by atoms with Crippen LogP contribution in [-0.2, 0) is 10.8 Å². The van der Waals surface area contributed by atoms with E-state index in [0.29, 0.717) is 0 Å². The highest BCUT2D eigenvalue weighted by Crippen LogP contribution is 2.57. The Morgan fingerprint density at radius 2 is 1.06 bits per heavy atom. The lowest BCUT2D eigenvalue weighted by atomic mass is 9.77. The summed E-state index contributed by atoms with van der Waals surface area (Å²) < 4.78 is 0. The molecule has 0 bridgehead atoms. The Hall–Kier alpha value is -3.32. The first kappa shape index (κ1) is 19.2. The van der Waals surface area contributed by atoms with Crippen molar-refractivity contribution < 1.29 is 0 Å². The number of anilines is 2. The van der Waals surface area contributed by atoms with E-state index < -0.39 is 0 Å². The van der Waals surface area contributed by atoms with Gasteiger partial charge in [-0.1, -0.05) is 87.4 Å². The third kappa shape index (κ3) is 2.54. The second kappa shape index (κ2) is 6.60. The van der Waals surface area contributed by atoms with Crippen LogP contribution < -0.4 is 5.32 Å². The van der Waals surface area contributed by atoms with E-state index in [1.807, 2.05) is 0 Å². The molecule has 1 spiro atoms. The zero-order valence-corrected chi connectivity index (χ0v) is 19.4. The maximum Gasteiger partial charge on any atom is 0.0387 e. The maximum atomic E-state index is 3.76. The first-order chi connectivity index (χ1) is 16.1. The molecule has 4 aromatic carbocycles. The molecular formula is C32H29N. The SMILES string of the molecule is CC1(C)c2ccccc2-c2ccc(Nc3ccc4c(c3)C3(CCCC3)c3ccccc3-4)cc21. The molecule has 0 aliphatic heterocycles. The van der Waals surface area contributed by atoms with E-state index in [1.54, 1.807) is 5.56 Å². The van der Waals surface area contributed by atoms with Crippen LogP contribution in [0.5, 0.6) is 0 Å². The molecule has 1 fully saturated rings. The van der Waals surface area contributed by atoms with Crippen molar-refractivity contribution in [3.63, 3.8) is 0 Å². The molecule has 0 heterocycles. The summed E-state index contributed by atoms with van der Waals surface area (Å²) in [7, 11) is 0. The molecule has 1 saturated carbocycles. The zero-order chi connectivity index (χ0) is 22.2. The van der Waals surface area contributed by atoms with Crippen LogP contribution in [0.15, 0.2) is 84.9 Å². The van der Waals surface area contributed by atoms with Gasteiger partial charge in [0.15, 0.2) is 0 Å². The molecule has 3 aliphatic carbocycles. The Bertz CT molecular complexity index is 1420. The Kier molecular flexibility index (Phi) is 3.84. The van der Waals surface area contributed by atoms with E-state index in [4.69, 9.17) is 0 Å². The lowest BCUT2D eigenvalue weighted by Crippen LogP contribution is -2.20. The van der Waals surface area contributed by atoms with Gasteiger partial charge in [0, 0.05) is 22.2 Å². The Labute approximate surface area is 196 Å². The van der Waals surface area contributed by atoms with Crippen LogP contribution in [0.1, 0.15) is 61.8 Å². The Morgan fingerprint density at radius 1 is 0.545 bits per heavy atom. The van der Waals surface area contributed by atoms with Crippen molar-refractivity contribution in [2.24, 2.45) is 0 Å². The molecule has 162 valence electrons. The van der Waals surface area contributed by atoms with E-state index in [2.05, 4.69) is 104 Å². The topological polar surface area (TPSA) is 12.0 Å². The molecule has 0 saturated heterocycles. The molecule has 7 rings (SSSR count). The van der Waals surface area contributed by atoms with Gasteiger partial charge in [0.25, 0.3) is 0 Å². The summed E-state index contributed by atoms with van der Waals surface area (Å²) in [6.07, 6.45) is 5.19. The minimum absolute atomic E-state index is 0.0249. The fourth-order valence-corrected chi connectivity index (χ4v) is 7.00. The predicted octanol–water partition coefficient (Wildman–Crippen LogP) is 8.58. The van der Waals surface area contributed by atoms with Crippen LogP contribution in [0.25, 0.3) is 22.3 Å². The van der Waals surface area contributed by atoms with Crippen LogP contribution in [0, 0.1) is 0 Å². The zero-order valence-electron chi connectivity index (χ0n) is 19.4. The van der Waals surface area contributed by atoms with Crippen molar-refractivity contribution in [2.75, 3.05) is 5.32 Å². The highest BCUT2D eigenvalue weighted by Gasteiger charge is 2.44. The van der Waals surface area contributed by atoms with Crippen LogP contribution in [0.2, 0.25) is 0 Å². The van der Waals surface area contributed by atoms with Gasteiger partial charge in [0.05, 0.1) is 0 Å². The van der Waals surface area contributed by atoms with Crippen LogP contribution in [0.3, 0.4) is 0 Å². The average molecular weight is 428 g/mol.